The Bertz CT molecular complexity index is 603. The van der Waals surface area contributed by atoms with E-state index < -0.39 is 10.8 Å². The van der Waals surface area contributed by atoms with E-state index in [4.69, 9.17) is 17.3 Å². The normalized spacial score (nSPS) is 12.3. The maximum atomic E-state index is 12.2. The molecule has 0 aliphatic carbocycles. The Hall–Kier alpha value is -0.840. The Morgan fingerprint density at radius 3 is 2.67 bits per heavy atom. The van der Waals surface area contributed by atoms with Gasteiger partial charge in [0.2, 0.25) is 0 Å². The summed E-state index contributed by atoms with van der Waals surface area (Å²) < 4.78 is 13.1. The van der Waals surface area contributed by atoms with Crippen LogP contribution in [-0.4, -0.2) is 4.21 Å². The van der Waals surface area contributed by atoms with Gasteiger partial charge in [0, 0.05) is 20.1 Å². The highest BCUT2D eigenvalue weighted by Crippen LogP contribution is 2.23. The highest BCUT2D eigenvalue weighted by molar-refractivity contribution is 9.10. The van der Waals surface area contributed by atoms with Gasteiger partial charge in [0.1, 0.15) is 0 Å². The molecule has 0 fully saturated rings. The fourth-order valence-corrected chi connectivity index (χ4v) is 3.68. The molecule has 1 unspecified atom stereocenters. The lowest BCUT2D eigenvalue weighted by Crippen LogP contribution is -1.98. The molecular weight excluding hydrogens is 334 g/mol. The molecule has 2 aromatic rings. The molecule has 2 aromatic carbocycles. The van der Waals surface area contributed by atoms with Crippen LogP contribution >= 0.6 is 27.5 Å². The summed E-state index contributed by atoms with van der Waals surface area (Å²) in [6.45, 7) is 0. The topological polar surface area (TPSA) is 43.1 Å². The third kappa shape index (κ3) is 3.34. The van der Waals surface area contributed by atoms with Crippen LogP contribution in [0.4, 0.5) is 5.69 Å². The third-order valence-electron chi connectivity index (χ3n) is 2.42. The van der Waals surface area contributed by atoms with Crippen LogP contribution in [-0.2, 0) is 16.6 Å². The summed E-state index contributed by atoms with van der Waals surface area (Å²) in [6, 6.07) is 12.6. The van der Waals surface area contributed by atoms with E-state index in [1.165, 1.54) is 0 Å². The Kier molecular flexibility index (Phi) is 4.43. The summed E-state index contributed by atoms with van der Waals surface area (Å²) in [5.74, 6) is 0.432. The van der Waals surface area contributed by atoms with E-state index in [1.807, 2.05) is 18.2 Å². The number of benzene rings is 2. The predicted octanol–water partition coefficient (Wildman–Crippen LogP) is 3.99. The van der Waals surface area contributed by atoms with Gasteiger partial charge in [-0.25, -0.2) is 0 Å². The van der Waals surface area contributed by atoms with Gasteiger partial charge in [0.25, 0.3) is 0 Å². The zero-order chi connectivity index (χ0) is 13.1. The zero-order valence-corrected chi connectivity index (χ0v) is 12.6. The van der Waals surface area contributed by atoms with Crippen LogP contribution in [0.1, 0.15) is 5.56 Å². The molecule has 0 radical (unpaired) electrons. The smallest absolute Gasteiger partial charge is 0.0575 e. The molecule has 0 aromatic heterocycles. The van der Waals surface area contributed by atoms with Crippen molar-refractivity contribution in [3.05, 3.63) is 57.5 Å². The van der Waals surface area contributed by atoms with E-state index in [0.717, 1.165) is 14.9 Å². The van der Waals surface area contributed by atoms with Gasteiger partial charge in [-0.05, 0) is 35.9 Å². The van der Waals surface area contributed by atoms with Crippen LogP contribution in [0.5, 0.6) is 0 Å². The van der Waals surface area contributed by atoms with Crippen LogP contribution in [0.3, 0.4) is 0 Å². The highest BCUT2D eigenvalue weighted by atomic mass is 79.9. The van der Waals surface area contributed by atoms with Gasteiger partial charge in [-0.1, -0.05) is 39.7 Å². The molecule has 1 atom stereocenters. The van der Waals surface area contributed by atoms with Gasteiger partial charge in [0.15, 0.2) is 0 Å². The van der Waals surface area contributed by atoms with Gasteiger partial charge in [-0.2, -0.15) is 0 Å². The van der Waals surface area contributed by atoms with E-state index in [1.54, 1.807) is 24.3 Å². The molecule has 0 aliphatic rings. The average Bonchev–Trinajstić information content (AvgIpc) is 2.32. The number of nitrogen functional groups attached to an aromatic ring is 1. The minimum atomic E-state index is -1.12. The second kappa shape index (κ2) is 5.87. The molecule has 0 saturated carbocycles. The van der Waals surface area contributed by atoms with Crippen LogP contribution in [0.25, 0.3) is 0 Å². The van der Waals surface area contributed by atoms with E-state index in [0.29, 0.717) is 16.5 Å². The number of halogens is 2. The number of anilines is 1. The Morgan fingerprint density at radius 2 is 2.00 bits per heavy atom. The fraction of sp³-hybridized carbons (Fsp3) is 0.0769. The molecule has 2 rings (SSSR count). The molecule has 0 amide bonds. The summed E-state index contributed by atoms with van der Waals surface area (Å²) >= 11 is 9.31. The SMILES string of the molecule is Nc1ccc(CS(=O)c2cccc(Cl)c2)c(Br)c1. The second-order valence-electron chi connectivity index (χ2n) is 3.80. The van der Waals surface area contributed by atoms with Crippen molar-refractivity contribution in [1.29, 1.82) is 0 Å². The van der Waals surface area contributed by atoms with Gasteiger partial charge in [-0.3, -0.25) is 4.21 Å². The minimum absolute atomic E-state index is 0.432. The van der Waals surface area contributed by atoms with Crippen molar-refractivity contribution in [2.24, 2.45) is 0 Å². The molecule has 0 spiro atoms. The summed E-state index contributed by atoms with van der Waals surface area (Å²) in [5, 5.41) is 0.595. The van der Waals surface area contributed by atoms with Crippen molar-refractivity contribution >= 4 is 44.0 Å². The maximum Gasteiger partial charge on any atom is 0.0575 e. The van der Waals surface area contributed by atoms with Crippen molar-refractivity contribution in [3.8, 4) is 0 Å². The van der Waals surface area contributed by atoms with Crippen molar-refractivity contribution in [2.75, 3.05) is 5.73 Å². The number of hydrogen-bond acceptors (Lipinski definition) is 2. The monoisotopic (exact) mass is 343 g/mol. The lowest BCUT2D eigenvalue weighted by Gasteiger charge is -2.06. The standard InChI is InChI=1S/C13H11BrClNOS/c14-13-7-11(16)5-4-9(13)8-18(17)12-3-1-2-10(15)6-12/h1-7H,8,16H2. The van der Waals surface area contributed by atoms with Crippen LogP contribution in [0, 0.1) is 0 Å². The molecular formula is C13H11BrClNOS. The molecule has 5 heteroatoms. The Labute approximate surface area is 122 Å². The fourth-order valence-electron chi connectivity index (χ4n) is 1.51. The lowest BCUT2D eigenvalue weighted by atomic mass is 10.2. The maximum absolute atomic E-state index is 12.2. The average molecular weight is 345 g/mol. The van der Waals surface area contributed by atoms with Crippen LogP contribution in [0.2, 0.25) is 5.02 Å². The van der Waals surface area contributed by atoms with E-state index >= 15 is 0 Å². The molecule has 18 heavy (non-hydrogen) atoms. The molecule has 2 N–H and O–H groups in total. The van der Waals surface area contributed by atoms with Gasteiger partial charge < -0.3 is 5.73 Å². The minimum Gasteiger partial charge on any atom is -0.399 e. The first-order valence-electron chi connectivity index (χ1n) is 5.24. The first kappa shape index (κ1) is 13.6. The third-order valence-corrected chi connectivity index (χ3v) is 4.75. The number of hydrogen-bond donors (Lipinski definition) is 1. The number of rotatable bonds is 3. The first-order chi connectivity index (χ1) is 8.56. The first-order valence-corrected chi connectivity index (χ1v) is 7.73. The molecule has 0 bridgehead atoms. The largest absolute Gasteiger partial charge is 0.399 e. The van der Waals surface area contributed by atoms with Crippen molar-refractivity contribution in [2.45, 2.75) is 10.6 Å². The molecule has 94 valence electrons. The van der Waals surface area contributed by atoms with Crippen molar-refractivity contribution in [3.63, 3.8) is 0 Å². The Morgan fingerprint density at radius 1 is 1.22 bits per heavy atom. The Balaban J connectivity index is 2.21. The second-order valence-corrected chi connectivity index (χ2v) is 6.54. The van der Waals surface area contributed by atoms with Crippen LogP contribution < -0.4 is 5.73 Å². The quantitative estimate of drug-likeness (QED) is 0.855. The summed E-state index contributed by atoms with van der Waals surface area (Å²) in [6.07, 6.45) is 0. The number of nitrogens with two attached hydrogens (primary N) is 1. The van der Waals surface area contributed by atoms with Crippen molar-refractivity contribution in [1.82, 2.24) is 0 Å². The molecule has 2 nitrogen and oxygen atoms in total. The highest BCUT2D eigenvalue weighted by Gasteiger charge is 2.08. The van der Waals surface area contributed by atoms with E-state index in [2.05, 4.69) is 15.9 Å². The predicted molar refractivity (Wildman–Crippen MR) is 80.1 cm³/mol. The van der Waals surface area contributed by atoms with Crippen LogP contribution in [0.15, 0.2) is 51.8 Å². The zero-order valence-electron chi connectivity index (χ0n) is 9.40. The molecule has 0 saturated heterocycles. The van der Waals surface area contributed by atoms with Gasteiger partial charge >= 0.3 is 0 Å². The summed E-state index contributed by atoms with van der Waals surface area (Å²) in [5.41, 5.74) is 7.31. The molecule has 0 aliphatic heterocycles. The lowest BCUT2D eigenvalue weighted by molar-refractivity contribution is 0.682. The van der Waals surface area contributed by atoms with Gasteiger partial charge in [0.05, 0.1) is 16.6 Å². The summed E-state index contributed by atoms with van der Waals surface area (Å²) in [4.78, 5) is 0.728. The molecule has 0 heterocycles. The van der Waals surface area contributed by atoms with Crippen molar-refractivity contribution < 1.29 is 4.21 Å². The van der Waals surface area contributed by atoms with Gasteiger partial charge in [-0.15, -0.1) is 0 Å². The van der Waals surface area contributed by atoms with E-state index in [-0.39, 0.29) is 0 Å². The summed E-state index contributed by atoms with van der Waals surface area (Å²) in [7, 11) is -1.12. The van der Waals surface area contributed by atoms with E-state index in [9.17, 15) is 4.21 Å².